The van der Waals surface area contributed by atoms with Gasteiger partial charge in [-0.15, -0.1) is 0 Å². The Balaban J connectivity index is 2.31. The van der Waals surface area contributed by atoms with Crippen molar-refractivity contribution in [3.8, 4) is 0 Å². The van der Waals surface area contributed by atoms with E-state index >= 15 is 0 Å². The Hall–Kier alpha value is -2.08. The van der Waals surface area contributed by atoms with Gasteiger partial charge in [0.2, 0.25) is 0 Å². The van der Waals surface area contributed by atoms with Crippen molar-refractivity contribution in [1.29, 1.82) is 0 Å². The summed E-state index contributed by atoms with van der Waals surface area (Å²) >= 11 is 0. The summed E-state index contributed by atoms with van der Waals surface area (Å²) in [6, 6.07) is 6.81. The highest BCUT2D eigenvalue weighted by Gasteiger charge is 2.64. The number of carbonyl (C=O) groups is 1. The summed E-state index contributed by atoms with van der Waals surface area (Å²) in [7, 11) is 0.860. The number of hydrogen-bond donors (Lipinski definition) is 0. The van der Waals surface area contributed by atoms with Crippen LogP contribution in [-0.2, 0) is 19.9 Å². The highest BCUT2D eigenvalue weighted by atomic mass is 19.4. The first kappa shape index (κ1) is 21.2. The maximum absolute atomic E-state index is 13.9. The SMILES string of the molecule is C=C[C@H](CC1=C(C)CCCC1)OC(=O)[C@](OC)(c1ccccc1)C(F)(F)F. The fraction of sp³-hybridized carbons (Fsp3) is 0.476. The van der Waals surface area contributed by atoms with Gasteiger partial charge in [-0.1, -0.05) is 54.1 Å². The number of hydrogen-bond acceptors (Lipinski definition) is 3. The molecular weight excluding hydrogens is 357 g/mol. The molecule has 2 rings (SSSR count). The molecule has 1 aromatic rings. The number of rotatable bonds is 7. The minimum Gasteiger partial charge on any atom is -0.455 e. The number of alkyl halides is 3. The Morgan fingerprint density at radius 3 is 2.37 bits per heavy atom. The van der Waals surface area contributed by atoms with Gasteiger partial charge in [-0.2, -0.15) is 13.2 Å². The van der Waals surface area contributed by atoms with Gasteiger partial charge in [0.15, 0.2) is 0 Å². The van der Waals surface area contributed by atoms with Crippen LogP contribution in [0.2, 0.25) is 0 Å². The average molecular weight is 382 g/mol. The molecule has 3 nitrogen and oxygen atoms in total. The first-order valence-corrected chi connectivity index (χ1v) is 8.94. The second kappa shape index (κ2) is 8.74. The summed E-state index contributed by atoms with van der Waals surface area (Å²) in [6.07, 6.45) is -0.153. The van der Waals surface area contributed by atoms with Gasteiger partial charge in [0.05, 0.1) is 0 Å². The number of allylic oxidation sites excluding steroid dienone is 1. The summed E-state index contributed by atoms with van der Waals surface area (Å²) in [5.74, 6) is -1.48. The number of halogens is 3. The molecule has 0 saturated carbocycles. The number of benzene rings is 1. The largest absolute Gasteiger partial charge is 0.455 e. The molecule has 0 bridgehead atoms. The minimum atomic E-state index is -4.98. The van der Waals surface area contributed by atoms with Crippen molar-refractivity contribution >= 4 is 5.97 Å². The standard InChI is InChI=1S/C21H25F3O3/c1-4-18(14-16-11-9-8-10-15(16)2)27-19(25)20(26-3,21(22,23)24)17-12-6-5-7-13-17/h4-7,12-13,18H,1,8-11,14H2,2-3H3/t18-,20-/m1/s1. The summed E-state index contributed by atoms with van der Waals surface area (Å²) in [5.41, 5.74) is -1.17. The Morgan fingerprint density at radius 1 is 1.22 bits per heavy atom. The molecule has 0 spiro atoms. The highest BCUT2D eigenvalue weighted by molar-refractivity contribution is 5.83. The van der Waals surface area contributed by atoms with Crippen LogP contribution in [-0.4, -0.2) is 25.4 Å². The van der Waals surface area contributed by atoms with Crippen LogP contribution in [0.15, 0.2) is 54.1 Å². The summed E-state index contributed by atoms with van der Waals surface area (Å²) in [6.45, 7) is 5.64. The topological polar surface area (TPSA) is 35.5 Å². The van der Waals surface area contributed by atoms with E-state index in [-0.39, 0.29) is 5.56 Å². The molecule has 0 amide bonds. The number of carbonyl (C=O) groups excluding carboxylic acids is 1. The lowest BCUT2D eigenvalue weighted by atomic mass is 9.89. The molecule has 148 valence electrons. The zero-order valence-electron chi connectivity index (χ0n) is 15.6. The second-order valence-electron chi connectivity index (χ2n) is 6.72. The van der Waals surface area contributed by atoms with E-state index in [1.54, 1.807) is 6.07 Å². The zero-order valence-corrected chi connectivity index (χ0v) is 15.6. The van der Waals surface area contributed by atoms with Gasteiger partial charge in [0.25, 0.3) is 5.60 Å². The van der Waals surface area contributed by atoms with Crippen molar-refractivity contribution in [1.82, 2.24) is 0 Å². The third-order valence-corrected chi connectivity index (χ3v) is 5.03. The summed E-state index contributed by atoms with van der Waals surface area (Å²) in [4.78, 5) is 12.7. The third-order valence-electron chi connectivity index (χ3n) is 5.03. The molecule has 0 unspecified atom stereocenters. The van der Waals surface area contributed by atoms with Crippen LogP contribution in [0.1, 0.15) is 44.6 Å². The van der Waals surface area contributed by atoms with E-state index in [0.717, 1.165) is 38.4 Å². The third kappa shape index (κ3) is 4.43. The van der Waals surface area contributed by atoms with Gasteiger partial charge in [0.1, 0.15) is 6.10 Å². The van der Waals surface area contributed by atoms with Crippen LogP contribution in [0.4, 0.5) is 13.2 Å². The van der Waals surface area contributed by atoms with E-state index in [1.165, 1.54) is 35.9 Å². The normalized spacial score (nSPS) is 18.6. The van der Waals surface area contributed by atoms with Crippen molar-refractivity contribution in [2.24, 2.45) is 0 Å². The molecule has 2 atom stereocenters. The molecule has 0 radical (unpaired) electrons. The first-order valence-electron chi connectivity index (χ1n) is 8.94. The fourth-order valence-corrected chi connectivity index (χ4v) is 3.42. The van der Waals surface area contributed by atoms with Gasteiger partial charge in [-0.3, -0.25) is 0 Å². The predicted molar refractivity (Wildman–Crippen MR) is 97.0 cm³/mol. The lowest BCUT2D eigenvalue weighted by Crippen LogP contribution is -2.52. The monoisotopic (exact) mass is 382 g/mol. The molecule has 0 aliphatic heterocycles. The van der Waals surface area contributed by atoms with E-state index in [4.69, 9.17) is 9.47 Å². The maximum atomic E-state index is 13.9. The number of esters is 1. The summed E-state index contributed by atoms with van der Waals surface area (Å²) < 4.78 is 51.8. The van der Waals surface area contributed by atoms with Crippen molar-refractivity contribution in [2.75, 3.05) is 7.11 Å². The van der Waals surface area contributed by atoms with Crippen LogP contribution in [0.5, 0.6) is 0 Å². The second-order valence-corrected chi connectivity index (χ2v) is 6.72. The minimum absolute atomic E-state index is 0.319. The maximum Gasteiger partial charge on any atom is 0.432 e. The average Bonchev–Trinajstić information content (AvgIpc) is 2.63. The number of methoxy groups -OCH3 is 1. The molecule has 0 heterocycles. The Bertz CT molecular complexity index is 694. The van der Waals surface area contributed by atoms with E-state index < -0.39 is 23.9 Å². The fourth-order valence-electron chi connectivity index (χ4n) is 3.42. The van der Waals surface area contributed by atoms with Gasteiger partial charge in [-0.25, -0.2) is 4.79 Å². The van der Waals surface area contributed by atoms with E-state index in [9.17, 15) is 18.0 Å². The molecule has 0 fully saturated rings. The van der Waals surface area contributed by atoms with E-state index in [2.05, 4.69) is 6.58 Å². The molecule has 6 heteroatoms. The lowest BCUT2D eigenvalue weighted by Gasteiger charge is -2.33. The quantitative estimate of drug-likeness (QED) is 0.463. The lowest BCUT2D eigenvalue weighted by molar-refractivity contribution is -0.277. The predicted octanol–water partition coefficient (Wildman–Crippen LogP) is 5.47. The molecule has 0 saturated heterocycles. The van der Waals surface area contributed by atoms with Gasteiger partial charge < -0.3 is 9.47 Å². The van der Waals surface area contributed by atoms with Gasteiger partial charge in [0, 0.05) is 19.1 Å². The molecule has 1 aliphatic carbocycles. The van der Waals surface area contributed by atoms with Crippen LogP contribution >= 0.6 is 0 Å². The zero-order chi connectivity index (χ0) is 20.1. The highest BCUT2D eigenvalue weighted by Crippen LogP contribution is 2.43. The van der Waals surface area contributed by atoms with Crippen molar-refractivity contribution in [3.05, 3.63) is 59.7 Å². The van der Waals surface area contributed by atoms with E-state index in [0.29, 0.717) is 6.42 Å². The molecule has 0 N–H and O–H groups in total. The van der Waals surface area contributed by atoms with Crippen molar-refractivity contribution in [3.63, 3.8) is 0 Å². The Labute approximate surface area is 157 Å². The summed E-state index contributed by atoms with van der Waals surface area (Å²) in [5, 5.41) is 0. The van der Waals surface area contributed by atoms with Crippen LogP contribution in [0, 0.1) is 0 Å². The van der Waals surface area contributed by atoms with E-state index in [1.807, 2.05) is 6.92 Å². The number of ether oxygens (including phenoxy) is 2. The molecule has 1 aliphatic rings. The first-order chi connectivity index (χ1) is 12.8. The molecule has 0 aromatic heterocycles. The molecule has 27 heavy (non-hydrogen) atoms. The molecule has 1 aromatic carbocycles. The van der Waals surface area contributed by atoms with Crippen molar-refractivity contribution < 1.29 is 27.4 Å². The van der Waals surface area contributed by atoms with Gasteiger partial charge in [-0.05, 0) is 32.6 Å². The van der Waals surface area contributed by atoms with Gasteiger partial charge >= 0.3 is 12.1 Å². The van der Waals surface area contributed by atoms with Crippen LogP contribution in [0.3, 0.4) is 0 Å². The van der Waals surface area contributed by atoms with Crippen molar-refractivity contribution in [2.45, 2.75) is 56.9 Å². The van der Waals surface area contributed by atoms with Crippen LogP contribution in [0.25, 0.3) is 0 Å². The Kier molecular flexibility index (Phi) is 6.87. The smallest absolute Gasteiger partial charge is 0.432 e. The Morgan fingerprint density at radius 2 is 1.85 bits per heavy atom. The van der Waals surface area contributed by atoms with Crippen LogP contribution < -0.4 is 0 Å². The molecular formula is C21H25F3O3.